The summed E-state index contributed by atoms with van der Waals surface area (Å²) in [6.07, 6.45) is 18.6. The second-order valence-electron chi connectivity index (χ2n) is 17.9. The molecule has 0 saturated heterocycles. The van der Waals surface area contributed by atoms with Crippen molar-refractivity contribution in [1.29, 1.82) is 0 Å². The molecule has 0 saturated carbocycles. The van der Waals surface area contributed by atoms with E-state index < -0.39 is 0 Å². The molecule has 1 aliphatic carbocycles. The van der Waals surface area contributed by atoms with Crippen LogP contribution in [-0.2, 0) is 0 Å². The van der Waals surface area contributed by atoms with Crippen LogP contribution in [0.5, 0.6) is 0 Å². The average Bonchev–Trinajstić information content (AvgIpc) is 4.14. The van der Waals surface area contributed by atoms with Crippen molar-refractivity contribution in [2.24, 2.45) is 9.98 Å². The van der Waals surface area contributed by atoms with Gasteiger partial charge in [-0.25, -0.2) is 15.0 Å². The van der Waals surface area contributed by atoms with Crippen LogP contribution in [0.1, 0.15) is 32.3 Å². The van der Waals surface area contributed by atoms with E-state index in [9.17, 15) is 0 Å². The van der Waals surface area contributed by atoms with Crippen LogP contribution < -0.4 is 21.1 Å². The highest BCUT2D eigenvalue weighted by Crippen LogP contribution is 2.49. The quantitative estimate of drug-likeness (QED) is 0.118. The highest BCUT2D eigenvalue weighted by atomic mass is 15.1. The Morgan fingerprint density at radius 1 is 0.521 bits per heavy atom. The average molecular weight is 917 g/mol. The summed E-state index contributed by atoms with van der Waals surface area (Å²) in [6, 6.07) is 54.2. The first-order chi connectivity index (χ1) is 35.1. The summed E-state index contributed by atoms with van der Waals surface area (Å²) < 4.78 is 9.80. The van der Waals surface area contributed by atoms with Gasteiger partial charge in [0.15, 0.2) is 11.7 Å². The summed E-state index contributed by atoms with van der Waals surface area (Å²) in [5.74, 6) is 1.13. The lowest BCUT2D eigenvalue weighted by Crippen LogP contribution is -2.33. The Bertz CT molecular complexity index is 4410. The van der Waals surface area contributed by atoms with Gasteiger partial charge in [0.05, 0.1) is 72.3 Å². The maximum atomic E-state index is 5.33. The van der Waals surface area contributed by atoms with Crippen LogP contribution in [0.3, 0.4) is 0 Å². The zero-order valence-electron chi connectivity index (χ0n) is 39.8. The van der Waals surface area contributed by atoms with Crippen LogP contribution in [0.15, 0.2) is 186 Å². The van der Waals surface area contributed by atoms with E-state index in [4.69, 9.17) is 26.5 Å². The van der Waals surface area contributed by atoms with Gasteiger partial charge >= 0.3 is 0 Å². The second kappa shape index (κ2) is 16.8. The molecular weight excluding hydrogens is 869 g/mol. The van der Waals surface area contributed by atoms with Gasteiger partial charge in [-0.3, -0.25) is 4.99 Å². The molecule has 0 spiro atoms. The van der Waals surface area contributed by atoms with Gasteiger partial charge in [-0.1, -0.05) is 140 Å². The zero-order valence-corrected chi connectivity index (χ0v) is 39.8. The molecule has 5 heterocycles. The summed E-state index contributed by atoms with van der Waals surface area (Å²) >= 11 is 0. The number of hydrogen-bond acceptors (Lipinski definition) is 3. The molecule has 8 nitrogen and oxygen atoms in total. The number of nitrogens with zero attached hydrogens (tertiary/aromatic N) is 8. The van der Waals surface area contributed by atoms with E-state index in [2.05, 4.69) is 201 Å². The molecule has 0 amide bonds. The predicted molar refractivity (Wildman–Crippen MR) is 298 cm³/mol. The number of hydrogen-bond donors (Lipinski definition) is 0. The molecule has 71 heavy (non-hydrogen) atoms. The van der Waals surface area contributed by atoms with Gasteiger partial charge < -0.3 is 18.3 Å². The lowest BCUT2D eigenvalue weighted by atomic mass is 9.96. The fraction of sp³-hybridized carbons (Fsp3) is 0.0794. The van der Waals surface area contributed by atoms with E-state index in [0.29, 0.717) is 11.7 Å². The second-order valence-corrected chi connectivity index (χ2v) is 17.9. The smallest absolute Gasteiger partial charge is 0.163 e. The van der Waals surface area contributed by atoms with Gasteiger partial charge in [0, 0.05) is 73.8 Å². The van der Waals surface area contributed by atoms with E-state index in [0.717, 1.165) is 123 Å². The van der Waals surface area contributed by atoms with Crippen molar-refractivity contribution < 1.29 is 0 Å². The minimum absolute atomic E-state index is 0.560. The van der Waals surface area contributed by atoms with Crippen LogP contribution in [0.4, 0.5) is 0 Å². The maximum Gasteiger partial charge on any atom is 0.163 e. The summed E-state index contributed by atoms with van der Waals surface area (Å²) in [7, 11) is 1.86. The van der Waals surface area contributed by atoms with Crippen molar-refractivity contribution >= 4 is 102 Å². The van der Waals surface area contributed by atoms with Crippen molar-refractivity contribution in [3.8, 4) is 34.1 Å². The Kier molecular flexibility index (Phi) is 9.95. The largest absolute Gasteiger partial charge is 0.307 e. The van der Waals surface area contributed by atoms with Gasteiger partial charge in [0.2, 0.25) is 0 Å². The standard InChI is InChI=1S/C63H48N8/c1-5-7-30-48-40(3)41-23-8-15-31-49(41)68(48)60-57(63-66-38-22-39-67-63)61(71-54-36-20-13-28-46(54)47-29-14-21-37-55(47)71)59(70-52-34-18-11-26-44(52)45-27-12-19-35-53(45)70)56(62(64-4)65-6-2)58(60)69-50-32-16-9-24-42(50)43-25-10-17-33-51(43)69/h5-11,13-18,20-39H,3,12,19H2,1-2,4H3/b7-5-,48-30+,64-62-,65-6-. The van der Waals surface area contributed by atoms with E-state index in [1.807, 2.05) is 38.6 Å². The van der Waals surface area contributed by atoms with Crippen LogP contribution >= 0.6 is 0 Å². The summed E-state index contributed by atoms with van der Waals surface area (Å²) in [4.78, 5) is 21.2. The minimum atomic E-state index is 0.560. The molecule has 0 unspecified atom stereocenters. The van der Waals surface area contributed by atoms with Crippen LogP contribution in [0.25, 0.3) is 124 Å². The van der Waals surface area contributed by atoms with E-state index >= 15 is 0 Å². The summed E-state index contributed by atoms with van der Waals surface area (Å²) in [5, 5.41) is 10.9. The third-order valence-corrected chi connectivity index (χ3v) is 14.2. The molecule has 5 aromatic heterocycles. The molecule has 8 heteroatoms. The van der Waals surface area contributed by atoms with Crippen molar-refractivity contribution in [2.75, 3.05) is 7.05 Å². The Hall–Kier alpha value is -9.14. The van der Waals surface area contributed by atoms with Gasteiger partial charge in [0.1, 0.15) is 0 Å². The number of benzene rings is 7. The number of fused-ring (bicyclic) bond motifs is 10. The molecule has 0 radical (unpaired) electrons. The Labute approximate surface area is 409 Å². The Morgan fingerprint density at radius 2 is 0.972 bits per heavy atom. The lowest BCUT2D eigenvalue weighted by molar-refractivity contribution is 0.968. The molecule has 7 aromatic carbocycles. The fourth-order valence-electron chi connectivity index (χ4n) is 11.4. The molecule has 1 aliphatic rings. The van der Waals surface area contributed by atoms with Gasteiger partial charge in [-0.05, 0) is 75.2 Å². The first kappa shape index (κ1) is 42.0. The van der Waals surface area contributed by atoms with Gasteiger partial charge in [-0.2, -0.15) is 0 Å². The number of para-hydroxylation sites is 6. The monoisotopic (exact) mass is 916 g/mol. The third-order valence-electron chi connectivity index (χ3n) is 14.2. The Balaban J connectivity index is 1.47. The van der Waals surface area contributed by atoms with Crippen molar-refractivity contribution in [1.82, 2.24) is 28.2 Å². The molecule has 0 atom stereocenters. The van der Waals surface area contributed by atoms with Crippen LogP contribution in [0, 0.1) is 0 Å². The molecule has 12 aromatic rings. The molecule has 0 bridgehead atoms. The van der Waals surface area contributed by atoms with Crippen LogP contribution in [-0.4, -0.2) is 47.3 Å². The maximum absolute atomic E-state index is 5.33. The van der Waals surface area contributed by atoms with Crippen LogP contribution in [0.2, 0.25) is 0 Å². The molecule has 340 valence electrons. The topological polar surface area (TPSA) is 70.2 Å². The van der Waals surface area contributed by atoms with Crippen molar-refractivity contribution in [3.63, 3.8) is 0 Å². The van der Waals surface area contributed by atoms with E-state index in [-0.39, 0.29) is 0 Å². The predicted octanol–water partition coefficient (Wildman–Crippen LogP) is 11.8. The molecular formula is C63H48N8. The van der Waals surface area contributed by atoms with E-state index in [1.165, 1.54) is 10.6 Å². The normalized spacial score (nSPS) is 13.5. The van der Waals surface area contributed by atoms with E-state index in [1.54, 1.807) is 0 Å². The number of amidine groups is 1. The number of rotatable bonds is 7. The Morgan fingerprint density at radius 3 is 1.51 bits per heavy atom. The summed E-state index contributed by atoms with van der Waals surface area (Å²) in [5.41, 5.74) is 11.4. The number of aliphatic imine (C=N–C) groups is 2. The number of allylic oxidation sites excluding steroid dienone is 2. The fourth-order valence-corrected chi connectivity index (χ4v) is 11.4. The minimum Gasteiger partial charge on any atom is -0.307 e. The molecule has 0 aliphatic heterocycles. The molecule has 13 rings (SSSR count). The SMILES string of the molecule is C=c1/c(=C\C=C/C)n(-c2c(-c3ncccn3)c(-n3c4ccccc4c4ccccc43)c(-n3c4c(c5ccccc53)=CCCC=4)c(C(/N=C\C)=N/C)c2-n2c3ccccc3c3ccccc32)c2ccccc12. The van der Waals surface area contributed by atoms with Crippen molar-refractivity contribution in [3.05, 3.63) is 203 Å². The molecule has 0 N–H and O–H groups in total. The van der Waals surface area contributed by atoms with Crippen molar-refractivity contribution in [2.45, 2.75) is 26.7 Å². The molecule has 0 fully saturated rings. The lowest BCUT2D eigenvalue weighted by Gasteiger charge is -2.30. The van der Waals surface area contributed by atoms with Gasteiger partial charge in [-0.15, -0.1) is 0 Å². The highest BCUT2D eigenvalue weighted by molar-refractivity contribution is 6.18. The first-order valence-corrected chi connectivity index (χ1v) is 24.3. The third kappa shape index (κ3) is 6.17. The van der Waals surface area contributed by atoms with Gasteiger partial charge in [0.25, 0.3) is 0 Å². The first-order valence-electron chi connectivity index (χ1n) is 24.3. The number of aromatic nitrogens is 6. The summed E-state index contributed by atoms with van der Waals surface area (Å²) in [6.45, 7) is 8.88. The zero-order chi connectivity index (χ0) is 47.7. The highest BCUT2D eigenvalue weighted by Gasteiger charge is 2.36.